The van der Waals surface area contributed by atoms with Crippen molar-refractivity contribution in [2.45, 2.75) is 26.2 Å². The van der Waals surface area contributed by atoms with Crippen molar-refractivity contribution in [1.29, 1.82) is 0 Å². The lowest BCUT2D eigenvalue weighted by atomic mass is 9.78. The van der Waals surface area contributed by atoms with E-state index in [1.54, 1.807) is 0 Å². The molecular formula is C10H15BrO2. The van der Waals surface area contributed by atoms with Crippen LogP contribution in [-0.2, 0) is 4.79 Å². The predicted molar refractivity (Wildman–Crippen MR) is 56.0 cm³/mol. The van der Waals surface area contributed by atoms with E-state index in [-0.39, 0.29) is 17.8 Å². The molecule has 0 aromatic rings. The molecular weight excluding hydrogens is 232 g/mol. The molecule has 2 atom stereocenters. The Morgan fingerprint density at radius 3 is 2.92 bits per heavy atom. The third-order valence-electron chi connectivity index (χ3n) is 3.20. The van der Waals surface area contributed by atoms with Crippen LogP contribution < -0.4 is 0 Å². The first-order valence-corrected chi connectivity index (χ1v) is 5.59. The molecule has 0 saturated heterocycles. The quantitative estimate of drug-likeness (QED) is 0.615. The summed E-state index contributed by atoms with van der Waals surface area (Å²) in [6, 6.07) is 0. The van der Waals surface area contributed by atoms with E-state index in [0.717, 1.165) is 18.2 Å². The van der Waals surface area contributed by atoms with Crippen molar-refractivity contribution in [3.05, 3.63) is 12.2 Å². The number of halogens is 1. The summed E-state index contributed by atoms with van der Waals surface area (Å²) >= 11 is 3.45. The van der Waals surface area contributed by atoms with Gasteiger partial charge in [0.25, 0.3) is 0 Å². The summed E-state index contributed by atoms with van der Waals surface area (Å²) in [4.78, 5) is 10.6. The molecule has 2 nitrogen and oxygen atoms in total. The van der Waals surface area contributed by atoms with E-state index in [0.29, 0.717) is 0 Å². The van der Waals surface area contributed by atoms with Gasteiger partial charge >= 0.3 is 5.97 Å². The van der Waals surface area contributed by atoms with Gasteiger partial charge in [0, 0.05) is 17.2 Å². The first-order valence-electron chi connectivity index (χ1n) is 4.46. The molecule has 0 aromatic heterocycles. The average molecular weight is 247 g/mol. The van der Waals surface area contributed by atoms with Crippen LogP contribution in [0.25, 0.3) is 0 Å². The molecule has 0 aliphatic heterocycles. The third kappa shape index (κ3) is 1.96. The first kappa shape index (κ1) is 10.8. The normalized spacial score (nSPS) is 33.7. The molecule has 0 aromatic carbocycles. The molecule has 13 heavy (non-hydrogen) atoms. The fourth-order valence-electron chi connectivity index (χ4n) is 1.98. The molecule has 0 amide bonds. The second-order valence-corrected chi connectivity index (χ2v) is 4.55. The standard InChI is InChI=1S/C10H15BrO2/c1-7-3-4-8(5-9(12)13)10(7,2)6-11/h8H,1,3-6H2,2H3,(H,12,13)/t8-,10-/m1/s1. The second-order valence-electron chi connectivity index (χ2n) is 3.99. The van der Waals surface area contributed by atoms with Gasteiger partial charge in [-0.25, -0.2) is 0 Å². The topological polar surface area (TPSA) is 37.3 Å². The predicted octanol–water partition coefficient (Wildman–Crippen LogP) is 2.83. The monoisotopic (exact) mass is 246 g/mol. The van der Waals surface area contributed by atoms with Crippen LogP contribution in [-0.4, -0.2) is 16.4 Å². The van der Waals surface area contributed by atoms with E-state index in [1.807, 2.05) is 0 Å². The van der Waals surface area contributed by atoms with E-state index >= 15 is 0 Å². The highest BCUT2D eigenvalue weighted by Gasteiger charge is 2.41. The summed E-state index contributed by atoms with van der Waals surface area (Å²) in [5.74, 6) is -0.455. The zero-order valence-electron chi connectivity index (χ0n) is 7.85. The van der Waals surface area contributed by atoms with Gasteiger partial charge in [-0.2, -0.15) is 0 Å². The fourth-order valence-corrected chi connectivity index (χ4v) is 2.84. The Hall–Kier alpha value is -0.310. The van der Waals surface area contributed by atoms with Crippen molar-refractivity contribution >= 4 is 21.9 Å². The summed E-state index contributed by atoms with van der Waals surface area (Å²) < 4.78 is 0. The van der Waals surface area contributed by atoms with E-state index < -0.39 is 5.97 Å². The third-order valence-corrected chi connectivity index (χ3v) is 4.37. The van der Waals surface area contributed by atoms with Gasteiger partial charge in [0.2, 0.25) is 0 Å². The fraction of sp³-hybridized carbons (Fsp3) is 0.700. The zero-order chi connectivity index (χ0) is 10.1. The highest BCUT2D eigenvalue weighted by Crippen LogP contribution is 2.49. The number of hydrogen-bond acceptors (Lipinski definition) is 1. The molecule has 1 N–H and O–H groups in total. The maximum atomic E-state index is 10.6. The van der Waals surface area contributed by atoms with Crippen molar-refractivity contribution < 1.29 is 9.90 Å². The highest BCUT2D eigenvalue weighted by molar-refractivity contribution is 9.09. The molecule has 0 heterocycles. The highest BCUT2D eigenvalue weighted by atomic mass is 79.9. The molecule has 1 rings (SSSR count). The van der Waals surface area contributed by atoms with Crippen LogP contribution in [0.2, 0.25) is 0 Å². The lowest BCUT2D eigenvalue weighted by Gasteiger charge is -2.29. The number of carboxylic acid groups (broad SMARTS) is 1. The van der Waals surface area contributed by atoms with Crippen LogP contribution in [0.3, 0.4) is 0 Å². The van der Waals surface area contributed by atoms with E-state index in [1.165, 1.54) is 5.57 Å². The molecule has 1 aliphatic carbocycles. The Labute approximate surface area is 87.2 Å². The van der Waals surface area contributed by atoms with Crippen molar-refractivity contribution in [1.82, 2.24) is 0 Å². The Morgan fingerprint density at radius 2 is 2.46 bits per heavy atom. The minimum atomic E-state index is -0.702. The van der Waals surface area contributed by atoms with Gasteiger partial charge in [-0.05, 0) is 18.8 Å². The van der Waals surface area contributed by atoms with Gasteiger partial charge in [0.05, 0.1) is 0 Å². The van der Waals surface area contributed by atoms with Crippen LogP contribution in [0.5, 0.6) is 0 Å². The van der Waals surface area contributed by atoms with E-state index in [9.17, 15) is 4.79 Å². The molecule has 0 unspecified atom stereocenters. The zero-order valence-corrected chi connectivity index (χ0v) is 9.43. The summed E-state index contributed by atoms with van der Waals surface area (Å²) in [5.41, 5.74) is 1.17. The Balaban J connectivity index is 2.75. The van der Waals surface area contributed by atoms with Gasteiger partial charge in [-0.15, -0.1) is 0 Å². The number of hydrogen-bond donors (Lipinski definition) is 1. The number of alkyl halides is 1. The van der Waals surface area contributed by atoms with Gasteiger partial charge in [0.15, 0.2) is 0 Å². The molecule has 1 fully saturated rings. The van der Waals surface area contributed by atoms with Crippen molar-refractivity contribution in [3.8, 4) is 0 Å². The van der Waals surface area contributed by atoms with Crippen LogP contribution in [0.1, 0.15) is 26.2 Å². The maximum absolute atomic E-state index is 10.6. The van der Waals surface area contributed by atoms with Crippen LogP contribution >= 0.6 is 15.9 Å². The average Bonchev–Trinajstić information content (AvgIpc) is 2.33. The number of rotatable bonds is 3. The molecule has 0 radical (unpaired) electrons. The first-order chi connectivity index (χ1) is 6.00. The Bertz CT molecular complexity index is 237. The molecule has 1 saturated carbocycles. The van der Waals surface area contributed by atoms with Crippen LogP contribution in [0.15, 0.2) is 12.2 Å². The number of carbonyl (C=O) groups is 1. The van der Waals surface area contributed by atoms with Gasteiger partial charge in [-0.1, -0.05) is 35.0 Å². The minimum Gasteiger partial charge on any atom is -0.481 e. The smallest absolute Gasteiger partial charge is 0.303 e. The molecule has 3 heteroatoms. The molecule has 1 aliphatic rings. The Morgan fingerprint density at radius 1 is 1.85 bits per heavy atom. The molecule has 0 bridgehead atoms. The van der Waals surface area contributed by atoms with Crippen molar-refractivity contribution in [2.24, 2.45) is 11.3 Å². The summed E-state index contributed by atoms with van der Waals surface area (Å²) in [7, 11) is 0. The van der Waals surface area contributed by atoms with Crippen molar-refractivity contribution in [3.63, 3.8) is 0 Å². The number of aliphatic carboxylic acids is 1. The van der Waals surface area contributed by atoms with Gasteiger partial charge < -0.3 is 5.11 Å². The Kier molecular flexibility index (Phi) is 3.17. The minimum absolute atomic E-state index is 0.0155. The lowest BCUT2D eigenvalue weighted by Crippen LogP contribution is -2.26. The summed E-state index contributed by atoms with van der Waals surface area (Å²) in [5, 5.41) is 9.56. The molecule has 0 spiro atoms. The van der Waals surface area contributed by atoms with E-state index in [2.05, 4.69) is 29.4 Å². The van der Waals surface area contributed by atoms with E-state index in [4.69, 9.17) is 5.11 Å². The maximum Gasteiger partial charge on any atom is 0.303 e. The second kappa shape index (κ2) is 3.82. The van der Waals surface area contributed by atoms with Crippen LogP contribution in [0, 0.1) is 11.3 Å². The van der Waals surface area contributed by atoms with Crippen LogP contribution in [0.4, 0.5) is 0 Å². The largest absolute Gasteiger partial charge is 0.481 e. The van der Waals surface area contributed by atoms with Gasteiger partial charge in [-0.3, -0.25) is 4.79 Å². The lowest BCUT2D eigenvalue weighted by molar-refractivity contribution is -0.138. The summed E-state index contributed by atoms with van der Waals surface area (Å²) in [6.45, 7) is 6.11. The number of carboxylic acids is 1. The SMILES string of the molecule is C=C1CC[C@H](CC(=O)O)[C@]1(C)CBr. The molecule has 74 valence electrons. The van der Waals surface area contributed by atoms with Gasteiger partial charge in [0.1, 0.15) is 0 Å². The number of allylic oxidation sites excluding steroid dienone is 1. The summed E-state index contributed by atoms with van der Waals surface area (Å²) in [6.07, 6.45) is 2.20. The van der Waals surface area contributed by atoms with Crippen molar-refractivity contribution in [2.75, 3.05) is 5.33 Å².